The first-order chi connectivity index (χ1) is 17.8. The smallest absolute Gasteiger partial charge is 0.419 e. The summed E-state index contributed by atoms with van der Waals surface area (Å²) >= 11 is 5.85. The van der Waals surface area contributed by atoms with Crippen LogP contribution in [-0.4, -0.2) is 28.8 Å². The zero-order chi connectivity index (χ0) is 27.7. The zero-order valence-electron chi connectivity index (χ0n) is 21.3. The molecular weight excluding hydrogens is 514 g/mol. The van der Waals surface area contributed by atoms with E-state index in [2.05, 4.69) is 5.32 Å². The summed E-state index contributed by atoms with van der Waals surface area (Å²) in [6.45, 7) is 5.83. The van der Waals surface area contributed by atoms with Crippen molar-refractivity contribution in [3.8, 4) is 17.0 Å². The molecule has 1 aromatic heterocycles. The molecular formula is C29H27ClF2N2O4. The summed E-state index contributed by atoms with van der Waals surface area (Å²) in [7, 11) is 0. The van der Waals surface area contributed by atoms with Crippen LogP contribution in [0.5, 0.6) is 5.75 Å². The van der Waals surface area contributed by atoms with Crippen LogP contribution in [0.1, 0.15) is 33.3 Å². The number of hydrogen-bond acceptors (Lipinski definition) is 4. The third-order valence-corrected chi connectivity index (χ3v) is 5.86. The Bertz CT molecular complexity index is 1490. The molecule has 6 nitrogen and oxygen atoms in total. The van der Waals surface area contributed by atoms with Crippen LogP contribution >= 0.6 is 11.6 Å². The molecule has 1 heterocycles. The van der Waals surface area contributed by atoms with Gasteiger partial charge in [-0.2, -0.15) is 0 Å². The predicted molar refractivity (Wildman–Crippen MR) is 144 cm³/mol. The maximum absolute atomic E-state index is 13.7. The molecule has 0 bridgehead atoms. The molecule has 0 aliphatic heterocycles. The number of rotatable bonds is 6. The van der Waals surface area contributed by atoms with E-state index in [9.17, 15) is 18.4 Å². The number of aromatic nitrogens is 1. The van der Waals surface area contributed by atoms with Gasteiger partial charge in [-0.25, -0.2) is 18.1 Å². The molecule has 0 unspecified atom stereocenters. The van der Waals surface area contributed by atoms with E-state index >= 15 is 0 Å². The van der Waals surface area contributed by atoms with Crippen molar-refractivity contribution in [1.29, 1.82) is 0 Å². The van der Waals surface area contributed by atoms with Gasteiger partial charge in [0.2, 0.25) is 0 Å². The van der Waals surface area contributed by atoms with Gasteiger partial charge in [0.25, 0.3) is 11.8 Å². The van der Waals surface area contributed by atoms with Crippen molar-refractivity contribution >= 4 is 40.2 Å². The van der Waals surface area contributed by atoms with Crippen molar-refractivity contribution in [2.75, 3.05) is 11.9 Å². The molecule has 0 fully saturated rings. The second-order valence-corrected chi connectivity index (χ2v) is 10.3. The van der Waals surface area contributed by atoms with Crippen molar-refractivity contribution in [3.63, 3.8) is 0 Å². The zero-order valence-corrected chi connectivity index (χ0v) is 22.1. The Hall–Kier alpha value is -3.91. The van der Waals surface area contributed by atoms with Gasteiger partial charge in [-0.1, -0.05) is 29.8 Å². The highest BCUT2D eigenvalue weighted by atomic mass is 35.5. The highest BCUT2D eigenvalue weighted by Crippen LogP contribution is 2.35. The fraction of sp³-hybridized carbons (Fsp3) is 0.241. The number of halogens is 3. The van der Waals surface area contributed by atoms with Crippen LogP contribution in [0.2, 0.25) is 5.02 Å². The first kappa shape index (κ1) is 27.1. The number of nitrogens with zero attached hydrogens (tertiary/aromatic N) is 1. The number of alkyl halides is 2. The molecule has 0 aliphatic carbocycles. The van der Waals surface area contributed by atoms with Crippen molar-refractivity contribution in [1.82, 2.24) is 4.57 Å². The van der Waals surface area contributed by atoms with E-state index in [4.69, 9.17) is 21.1 Å². The molecule has 0 atom stereocenters. The molecule has 3 aromatic carbocycles. The third-order valence-electron chi connectivity index (χ3n) is 5.53. The maximum Gasteiger partial charge on any atom is 0.419 e. The Kier molecular flexibility index (Phi) is 7.47. The van der Waals surface area contributed by atoms with Crippen LogP contribution in [0.25, 0.3) is 22.2 Å². The molecule has 0 saturated carbocycles. The van der Waals surface area contributed by atoms with Crippen LogP contribution in [0.15, 0.2) is 72.8 Å². The molecule has 198 valence electrons. The lowest BCUT2D eigenvalue weighted by atomic mass is 10.1. The number of hydrogen-bond donors (Lipinski definition) is 1. The van der Waals surface area contributed by atoms with Crippen molar-refractivity contribution in [2.24, 2.45) is 0 Å². The van der Waals surface area contributed by atoms with E-state index in [1.165, 1.54) is 16.7 Å². The number of amides is 1. The average molecular weight is 541 g/mol. The predicted octanol–water partition coefficient (Wildman–Crippen LogP) is 7.87. The molecule has 0 saturated heterocycles. The summed E-state index contributed by atoms with van der Waals surface area (Å²) in [6.07, 6.45) is -0.489. The Labute approximate surface area is 224 Å². The van der Waals surface area contributed by atoms with Crippen molar-refractivity contribution in [2.45, 2.75) is 39.2 Å². The molecule has 4 rings (SSSR count). The Morgan fingerprint density at radius 1 is 0.947 bits per heavy atom. The second kappa shape index (κ2) is 10.5. The van der Waals surface area contributed by atoms with Crippen LogP contribution in [0.3, 0.4) is 0 Å². The molecule has 1 amide bonds. The highest BCUT2D eigenvalue weighted by molar-refractivity contribution is 6.31. The second-order valence-electron chi connectivity index (χ2n) is 9.85. The lowest BCUT2D eigenvalue weighted by Crippen LogP contribution is -2.27. The fourth-order valence-corrected chi connectivity index (χ4v) is 4.16. The largest absolute Gasteiger partial charge is 0.484 e. The average Bonchev–Trinajstić information content (AvgIpc) is 3.22. The summed E-state index contributed by atoms with van der Waals surface area (Å²) in [4.78, 5) is 25.4. The van der Waals surface area contributed by atoms with E-state index in [0.29, 0.717) is 11.4 Å². The normalized spacial score (nSPS) is 11.9. The maximum atomic E-state index is 13.7. The minimum Gasteiger partial charge on any atom is -0.484 e. The van der Waals surface area contributed by atoms with E-state index < -0.39 is 23.5 Å². The summed E-state index contributed by atoms with van der Waals surface area (Å²) in [5, 5.41) is 3.33. The fourth-order valence-electron chi connectivity index (χ4n) is 3.88. The van der Waals surface area contributed by atoms with Gasteiger partial charge in [-0.3, -0.25) is 4.79 Å². The topological polar surface area (TPSA) is 69.6 Å². The summed E-state index contributed by atoms with van der Waals surface area (Å²) in [6, 6.07) is 20.2. The molecule has 0 aliphatic rings. The first-order valence-corrected chi connectivity index (χ1v) is 12.2. The molecule has 0 spiro atoms. The monoisotopic (exact) mass is 540 g/mol. The number of nitrogens with one attached hydrogen (secondary N) is 1. The SMILES string of the molecule is CC(C)(C)OC(=O)n1c(-c2ccc(OCC(=O)Nc3ccc(Cl)c(C(C)(F)F)c3)cc2)cc2ccccc21. The number of carbonyl (C=O) groups is 2. The van der Waals surface area contributed by atoms with E-state index in [-0.39, 0.29) is 22.9 Å². The Balaban J connectivity index is 1.48. The van der Waals surface area contributed by atoms with Gasteiger partial charge in [0, 0.05) is 28.6 Å². The molecule has 0 radical (unpaired) electrons. The van der Waals surface area contributed by atoms with Gasteiger partial charge < -0.3 is 14.8 Å². The number of anilines is 1. The van der Waals surface area contributed by atoms with Gasteiger partial charge >= 0.3 is 6.09 Å². The number of fused-ring (bicyclic) bond motifs is 1. The number of para-hydroxylation sites is 1. The summed E-state index contributed by atoms with van der Waals surface area (Å²) < 4.78 is 40.2. The van der Waals surface area contributed by atoms with Gasteiger partial charge in [0.05, 0.1) is 11.2 Å². The Morgan fingerprint density at radius 3 is 2.29 bits per heavy atom. The molecule has 1 N–H and O–H groups in total. The number of ether oxygens (including phenoxy) is 2. The summed E-state index contributed by atoms with van der Waals surface area (Å²) in [5.41, 5.74) is 1.26. The first-order valence-electron chi connectivity index (χ1n) is 11.9. The van der Waals surface area contributed by atoms with Crippen LogP contribution in [0.4, 0.5) is 19.3 Å². The molecule has 4 aromatic rings. The van der Waals surface area contributed by atoms with Gasteiger partial charge in [-0.15, -0.1) is 0 Å². The number of carbonyl (C=O) groups excluding carboxylic acids is 2. The van der Waals surface area contributed by atoms with E-state index in [1.54, 1.807) is 24.3 Å². The minimum atomic E-state index is -3.15. The van der Waals surface area contributed by atoms with Crippen LogP contribution in [-0.2, 0) is 15.5 Å². The van der Waals surface area contributed by atoms with E-state index in [1.807, 2.05) is 51.1 Å². The third kappa shape index (κ3) is 6.31. The van der Waals surface area contributed by atoms with E-state index in [0.717, 1.165) is 29.5 Å². The van der Waals surface area contributed by atoms with Crippen molar-refractivity contribution in [3.05, 3.63) is 83.4 Å². The lowest BCUT2D eigenvalue weighted by molar-refractivity contribution is -0.118. The standard InChI is InChI=1S/C29H27ClF2N2O4/c1-28(2,3)38-27(36)34-24-8-6-5-7-19(24)15-25(34)18-9-12-21(13-10-18)37-17-26(35)33-20-11-14-23(30)22(16-20)29(4,31)32/h5-16H,17H2,1-4H3,(H,33,35). The van der Waals surface area contributed by atoms with Gasteiger partial charge in [-0.05, 0) is 80.9 Å². The van der Waals surface area contributed by atoms with Crippen molar-refractivity contribution < 1.29 is 27.8 Å². The summed E-state index contributed by atoms with van der Waals surface area (Å²) in [5.74, 6) is -3.25. The minimum absolute atomic E-state index is 0.0856. The quantitative estimate of drug-likeness (QED) is 0.270. The molecule has 9 heteroatoms. The Morgan fingerprint density at radius 2 is 1.63 bits per heavy atom. The number of benzene rings is 3. The highest BCUT2D eigenvalue weighted by Gasteiger charge is 2.28. The van der Waals surface area contributed by atoms with Crippen LogP contribution in [0, 0.1) is 0 Å². The lowest BCUT2D eigenvalue weighted by Gasteiger charge is -2.21. The molecule has 38 heavy (non-hydrogen) atoms. The van der Waals surface area contributed by atoms with Gasteiger partial charge in [0.15, 0.2) is 6.61 Å². The van der Waals surface area contributed by atoms with Gasteiger partial charge in [0.1, 0.15) is 11.4 Å². The van der Waals surface area contributed by atoms with Crippen LogP contribution < -0.4 is 10.1 Å².